The average Bonchev–Trinajstić information content (AvgIpc) is 3.17. The van der Waals surface area contributed by atoms with Crippen molar-refractivity contribution in [2.45, 2.75) is 39.5 Å². The van der Waals surface area contributed by atoms with Crippen molar-refractivity contribution in [3.05, 3.63) is 29.3 Å². The summed E-state index contributed by atoms with van der Waals surface area (Å²) in [6.07, 6.45) is 1.89. The first-order valence-electron chi connectivity index (χ1n) is 9.34. The quantitative estimate of drug-likeness (QED) is 0.610. The molecule has 0 radical (unpaired) electrons. The minimum atomic E-state index is -3.30. The second-order valence-corrected chi connectivity index (χ2v) is 8.70. The summed E-state index contributed by atoms with van der Waals surface area (Å²) in [5.74, 6) is 0.194. The van der Waals surface area contributed by atoms with E-state index in [1.165, 1.54) is 4.31 Å². The van der Waals surface area contributed by atoms with Gasteiger partial charge in [-0.05, 0) is 50.5 Å². The van der Waals surface area contributed by atoms with Gasteiger partial charge in [-0.25, -0.2) is 12.7 Å². The van der Waals surface area contributed by atoms with Gasteiger partial charge in [-0.3, -0.25) is 9.59 Å². The molecule has 1 aromatic carbocycles. The minimum Gasteiger partial charge on any atom is -0.494 e. The second kappa shape index (κ2) is 9.85. The van der Waals surface area contributed by atoms with Crippen molar-refractivity contribution in [1.82, 2.24) is 9.62 Å². The van der Waals surface area contributed by atoms with Gasteiger partial charge in [0.1, 0.15) is 5.75 Å². The molecule has 2 rings (SSSR count). The van der Waals surface area contributed by atoms with E-state index in [1.54, 1.807) is 18.2 Å². The van der Waals surface area contributed by atoms with E-state index >= 15 is 0 Å². The Bertz CT molecular complexity index is 770. The Morgan fingerprint density at radius 1 is 1.19 bits per heavy atom. The molecule has 0 spiro atoms. The maximum absolute atomic E-state index is 12.3. The van der Waals surface area contributed by atoms with E-state index in [2.05, 4.69) is 5.32 Å². The number of nitrogens with zero attached hydrogens (tertiary/aromatic N) is 1. The first-order chi connectivity index (χ1) is 12.8. The van der Waals surface area contributed by atoms with E-state index in [-0.39, 0.29) is 36.8 Å². The Labute approximate surface area is 161 Å². The van der Waals surface area contributed by atoms with E-state index in [1.807, 2.05) is 13.8 Å². The van der Waals surface area contributed by atoms with Crippen molar-refractivity contribution < 1.29 is 22.7 Å². The Morgan fingerprint density at radius 3 is 2.52 bits per heavy atom. The molecule has 1 saturated heterocycles. The number of ketones is 1. The Hall–Kier alpha value is -1.93. The third-order valence-electron chi connectivity index (χ3n) is 4.52. The van der Waals surface area contributed by atoms with Crippen molar-refractivity contribution >= 4 is 21.7 Å². The first-order valence-corrected chi connectivity index (χ1v) is 11.0. The van der Waals surface area contributed by atoms with Gasteiger partial charge in [0.15, 0.2) is 5.78 Å². The summed E-state index contributed by atoms with van der Waals surface area (Å²) in [5, 5.41) is 2.59. The van der Waals surface area contributed by atoms with Gasteiger partial charge in [-0.2, -0.15) is 0 Å². The van der Waals surface area contributed by atoms with Crippen molar-refractivity contribution in [3.63, 3.8) is 0 Å². The average molecular weight is 397 g/mol. The predicted molar refractivity (Wildman–Crippen MR) is 104 cm³/mol. The van der Waals surface area contributed by atoms with Gasteiger partial charge in [0.2, 0.25) is 15.9 Å². The summed E-state index contributed by atoms with van der Waals surface area (Å²) < 4.78 is 31.1. The van der Waals surface area contributed by atoms with Crippen molar-refractivity contribution in [2.24, 2.45) is 0 Å². The molecule has 1 aliphatic rings. The first kappa shape index (κ1) is 21.4. The Morgan fingerprint density at radius 2 is 1.89 bits per heavy atom. The topological polar surface area (TPSA) is 92.8 Å². The molecule has 1 aromatic rings. The summed E-state index contributed by atoms with van der Waals surface area (Å²) in [6.45, 7) is 5.51. The van der Waals surface area contributed by atoms with Crippen molar-refractivity contribution in [3.8, 4) is 5.75 Å². The number of rotatable bonds is 10. The molecule has 1 fully saturated rings. The molecule has 0 aromatic heterocycles. The lowest BCUT2D eigenvalue weighted by Gasteiger charge is -2.15. The highest BCUT2D eigenvalue weighted by Gasteiger charge is 2.24. The molecule has 0 saturated carbocycles. The van der Waals surface area contributed by atoms with Crippen molar-refractivity contribution in [2.75, 3.05) is 32.0 Å². The fourth-order valence-electron chi connectivity index (χ4n) is 3.01. The zero-order valence-electron chi connectivity index (χ0n) is 16.0. The molecular weight excluding hydrogens is 368 g/mol. The van der Waals surface area contributed by atoms with Gasteiger partial charge in [-0.15, -0.1) is 0 Å². The normalized spacial score (nSPS) is 14.9. The predicted octanol–water partition coefficient (Wildman–Crippen LogP) is 1.90. The number of aryl methyl sites for hydroxylation is 1. The molecule has 150 valence electrons. The van der Waals surface area contributed by atoms with Crippen LogP contribution in [-0.4, -0.2) is 56.4 Å². The van der Waals surface area contributed by atoms with Crippen LogP contribution in [0.2, 0.25) is 0 Å². The fraction of sp³-hybridized carbons (Fsp3) is 0.579. The second-order valence-electron chi connectivity index (χ2n) is 6.61. The van der Waals surface area contributed by atoms with Crippen LogP contribution in [0.4, 0.5) is 0 Å². The number of nitrogens with one attached hydrogen (secondary N) is 1. The highest BCUT2D eigenvalue weighted by molar-refractivity contribution is 7.89. The number of hydrogen-bond donors (Lipinski definition) is 1. The van der Waals surface area contributed by atoms with Gasteiger partial charge in [0.25, 0.3) is 0 Å². The molecule has 0 atom stereocenters. The number of ether oxygens (including phenoxy) is 1. The number of Topliss-reactive ketones (excluding diaryl/α,β-unsaturated/α-hetero) is 1. The Kier molecular flexibility index (Phi) is 7.79. The molecule has 1 heterocycles. The van der Waals surface area contributed by atoms with E-state index in [4.69, 9.17) is 4.74 Å². The third kappa shape index (κ3) is 6.32. The van der Waals surface area contributed by atoms with Crippen molar-refractivity contribution in [1.29, 1.82) is 0 Å². The zero-order chi connectivity index (χ0) is 19.9. The molecule has 1 N–H and O–H groups in total. The fourth-order valence-corrected chi connectivity index (χ4v) is 4.45. The monoisotopic (exact) mass is 396 g/mol. The SMILES string of the molecule is CCOc1ccc(C(=O)CCC(=O)NCCS(=O)(=O)N2CCCC2)cc1C. The number of carbonyl (C=O) groups excluding carboxylic acids is 2. The smallest absolute Gasteiger partial charge is 0.220 e. The zero-order valence-corrected chi connectivity index (χ0v) is 16.8. The van der Waals surface area contributed by atoms with Crippen LogP contribution >= 0.6 is 0 Å². The van der Waals surface area contributed by atoms with Crippen LogP contribution in [0.1, 0.15) is 48.5 Å². The van der Waals surface area contributed by atoms with Crippen LogP contribution in [0.25, 0.3) is 0 Å². The largest absolute Gasteiger partial charge is 0.494 e. The molecule has 27 heavy (non-hydrogen) atoms. The van der Waals surface area contributed by atoms with E-state index in [9.17, 15) is 18.0 Å². The maximum atomic E-state index is 12.3. The van der Waals surface area contributed by atoms with E-state index in [0.717, 1.165) is 24.2 Å². The Balaban J connectivity index is 1.75. The lowest BCUT2D eigenvalue weighted by molar-refractivity contribution is -0.120. The van der Waals surface area contributed by atoms with Crippen LogP contribution < -0.4 is 10.1 Å². The van der Waals surface area contributed by atoms with E-state index < -0.39 is 10.0 Å². The van der Waals surface area contributed by atoms with Crippen LogP contribution in [0, 0.1) is 6.92 Å². The summed E-state index contributed by atoms with van der Waals surface area (Å²) in [5.41, 5.74) is 1.42. The maximum Gasteiger partial charge on any atom is 0.220 e. The summed E-state index contributed by atoms with van der Waals surface area (Å²) in [4.78, 5) is 24.2. The number of benzene rings is 1. The molecule has 8 heteroatoms. The summed E-state index contributed by atoms with van der Waals surface area (Å²) >= 11 is 0. The molecule has 0 unspecified atom stereocenters. The molecule has 0 bridgehead atoms. The highest BCUT2D eigenvalue weighted by atomic mass is 32.2. The number of amides is 1. The van der Waals surface area contributed by atoms with Crippen LogP contribution in [0.5, 0.6) is 5.75 Å². The molecule has 1 amide bonds. The van der Waals surface area contributed by atoms with Crippen LogP contribution in [0.15, 0.2) is 18.2 Å². The van der Waals surface area contributed by atoms with Gasteiger partial charge in [-0.1, -0.05) is 0 Å². The van der Waals surface area contributed by atoms with E-state index in [0.29, 0.717) is 25.3 Å². The number of hydrogen-bond acceptors (Lipinski definition) is 5. The molecule has 1 aliphatic heterocycles. The molecule has 0 aliphatic carbocycles. The minimum absolute atomic E-state index is 0.0366. The lowest BCUT2D eigenvalue weighted by Crippen LogP contribution is -2.36. The van der Waals surface area contributed by atoms with Gasteiger partial charge < -0.3 is 10.1 Å². The van der Waals surface area contributed by atoms with Crippen LogP contribution in [-0.2, 0) is 14.8 Å². The number of carbonyl (C=O) groups is 2. The van der Waals surface area contributed by atoms with Gasteiger partial charge in [0.05, 0.1) is 12.4 Å². The summed E-state index contributed by atoms with van der Waals surface area (Å²) in [7, 11) is -3.30. The lowest BCUT2D eigenvalue weighted by atomic mass is 10.0. The van der Waals surface area contributed by atoms with Gasteiger partial charge in [0, 0.05) is 38.0 Å². The standard InChI is InChI=1S/C19H28N2O5S/c1-3-26-18-8-6-16(14-15(18)2)17(22)7-9-19(23)20-10-13-27(24,25)21-11-4-5-12-21/h6,8,14H,3-5,7,9-13H2,1-2H3,(H,20,23). The van der Waals surface area contributed by atoms with Crippen LogP contribution in [0.3, 0.4) is 0 Å². The number of sulfonamides is 1. The highest BCUT2D eigenvalue weighted by Crippen LogP contribution is 2.20. The third-order valence-corrected chi connectivity index (χ3v) is 6.39. The molecular formula is C19H28N2O5S. The van der Waals surface area contributed by atoms with Gasteiger partial charge >= 0.3 is 0 Å². The molecule has 7 nitrogen and oxygen atoms in total. The summed E-state index contributed by atoms with van der Waals surface area (Å²) in [6, 6.07) is 5.21.